The van der Waals surface area contributed by atoms with Crippen molar-refractivity contribution in [2.45, 2.75) is 169 Å². The van der Waals surface area contributed by atoms with E-state index < -0.39 is 23.1 Å². The summed E-state index contributed by atoms with van der Waals surface area (Å²) in [6.07, 6.45) is 13.2. The van der Waals surface area contributed by atoms with Gasteiger partial charge in [0.1, 0.15) is 34.4 Å². The highest BCUT2D eigenvalue weighted by molar-refractivity contribution is 7.13. The number of nitrogens with two attached hydrogens (primary N) is 1. The number of carbonyl (C=O) groups excluding carboxylic acids is 4. The molecule has 19 nitrogen and oxygen atoms in total. The molecular formula is C55H78N12O7S. The average Bonchev–Trinajstić information content (AvgIpc) is 4.21. The minimum absolute atomic E-state index is 0.0596. The first kappa shape index (κ1) is 57.8. The van der Waals surface area contributed by atoms with Crippen molar-refractivity contribution in [3.05, 3.63) is 52.9 Å². The number of pyridine rings is 1. The number of likely N-dealkylation sites (tertiary alicyclic amines) is 1. The summed E-state index contributed by atoms with van der Waals surface area (Å²) < 4.78 is 12.9. The molecule has 1 fully saturated rings. The number of aliphatic hydroxyl groups is 1. The molecule has 7 N–H and O–H groups in total. The van der Waals surface area contributed by atoms with Crippen molar-refractivity contribution < 1.29 is 33.7 Å². The second-order valence-corrected chi connectivity index (χ2v) is 21.7. The molecule has 6 rings (SSSR count). The van der Waals surface area contributed by atoms with Gasteiger partial charge in [-0.25, -0.2) is 19.6 Å². The van der Waals surface area contributed by atoms with Crippen molar-refractivity contribution in [2.75, 3.05) is 38.5 Å². The zero-order chi connectivity index (χ0) is 54.0. The van der Waals surface area contributed by atoms with Crippen LogP contribution in [0.5, 0.6) is 5.75 Å². The number of nitrogens with one attached hydrogen (secondary N) is 4. The molecule has 4 aromatic heterocycles. The van der Waals surface area contributed by atoms with Crippen molar-refractivity contribution in [3.63, 3.8) is 0 Å². The van der Waals surface area contributed by atoms with Crippen molar-refractivity contribution in [1.29, 1.82) is 0 Å². The Balaban J connectivity index is 0.782. The number of amides is 4. The fraction of sp³-hybridized carbons (Fsp3) is 0.582. The molecule has 1 aliphatic rings. The summed E-state index contributed by atoms with van der Waals surface area (Å²) in [6, 6.07) is 6.79. The second kappa shape index (κ2) is 27.9. The number of aryl methyl sites for hydroxylation is 2. The van der Waals surface area contributed by atoms with Gasteiger partial charge in [0.05, 0.1) is 28.9 Å². The molecule has 1 unspecified atom stereocenters. The van der Waals surface area contributed by atoms with E-state index in [1.54, 1.807) is 36.3 Å². The number of nitrogens with zero attached hydrogens (tertiary/aromatic N) is 7. The highest BCUT2D eigenvalue weighted by atomic mass is 32.1. The van der Waals surface area contributed by atoms with Gasteiger partial charge in [-0.15, -0.1) is 11.3 Å². The minimum atomic E-state index is -1.22. The third-order valence-electron chi connectivity index (χ3n) is 13.1. The fourth-order valence-corrected chi connectivity index (χ4v) is 9.85. The third kappa shape index (κ3) is 17.0. The van der Waals surface area contributed by atoms with Crippen LogP contribution in [0.2, 0.25) is 0 Å². The van der Waals surface area contributed by atoms with Crippen LogP contribution in [-0.2, 0) is 32.3 Å². The Bertz CT molecular complexity index is 2730. The van der Waals surface area contributed by atoms with E-state index in [1.165, 1.54) is 0 Å². The normalized spacial score (nSPS) is 14.1. The number of benzene rings is 1. The Kier molecular flexibility index (Phi) is 21.5. The lowest BCUT2D eigenvalue weighted by atomic mass is 9.85. The number of imidazole rings is 1. The lowest BCUT2D eigenvalue weighted by Crippen LogP contribution is -2.57. The van der Waals surface area contributed by atoms with Crippen LogP contribution in [-0.4, -0.2) is 114 Å². The molecule has 0 radical (unpaired) electrons. The summed E-state index contributed by atoms with van der Waals surface area (Å²) in [4.78, 5) is 69.4. The first-order valence-corrected chi connectivity index (χ1v) is 27.5. The maximum atomic E-state index is 14.0. The fourth-order valence-electron chi connectivity index (χ4n) is 9.04. The molecule has 1 saturated heterocycles. The van der Waals surface area contributed by atoms with Crippen LogP contribution in [0.15, 0.2) is 40.6 Å². The molecule has 4 amide bonds. The van der Waals surface area contributed by atoms with Gasteiger partial charge in [-0.2, -0.15) is 0 Å². The third-order valence-corrected chi connectivity index (χ3v) is 14.1. The molecule has 0 saturated carbocycles. The van der Waals surface area contributed by atoms with Gasteiger partial charge in [-0.3, -0.25) is 19.2 Å². The standard InChI is InChI=1S/C55H78N12O7S/c1-8-66-47-42(35-59-40(27-28-55(6,7)72)45(47)63-51(66)46-50(56)65-74-64-46)73-33-19-30-57-29-17-22-43(68)58-31-16-14-12-10-9-11-13-15-21-44(69)62-49(54(3,4)5)53(71)67-32-18-20-41(67)52(70)60-34-38-23-25-39(26-24-38)48-37(2)61-36-75-48/h23-26,35-36,41,49,57,72H,8-22,29-34H2,1-7H3,(H2,56,65)(H,58,68)(H,60,70)(H,62,69)/t41-,49?/m0/s1. The van der Waals surface area contributed by atoms with E-state index in [9.17, 15) is 24.3 Å². The first-order chi connectivity index (χ1) is 35.9. The summed E-state index contributed by atoms with van der Waals surface area (Å²) in [5.74, 6) is 6.36. The van der Waals surface area contributed by atoms with Gasteiger partial charge in [0.2, 0.25) is 23.6 Å². The van der Waals surface area contributed by atoms with E-state index in [0.29, 0.717) is 99.1 Å². The number of unbranched alkanes of at least 4 members (excludes halogenated alkanes) is 7. The Morgan fingerprint density at radius 3 is 2.28 bits per heavy atom. The largest absolute Gasteiger partial charge is 0.490 e. The predicted octanol–water partition coefficient (Wildman–Crippen LogP) is 7.24. The number of hydrogen-bond donors (Lipinski definition) is 6. The Morgan fingerprint density at radius 1 is 0.907 bits per heavy atom. The molecular weight excluding hydrogens is 973 g/mol. The van der Waals surface area contributed by atoms with E-state index in [-0.39, 0.29) is 29.4 Å². The van der Waals surface area contributed by atoms with Crippen LogP contribution in [0.4, 0.5) is 5.82 Å². The number of anilines is 1. The Labute approximate surface area is 445 Å². The molecule has 0 aliphatic carbocycles. The van der Waals surface area contributed by atoms with Crippen LogP contribution in [0.25, 0.3) is 33.0 Å². The van der Waals surface area contributed by atoms with Gasteiger partial charge >= 0.3 is 0 Å². The van der Waals surface area contributed by atoms with E-state index in [0.717, 1.165) is 92.3 Å². The van der Waals surface area contributed by atoms with Crippen LogP contribution < -0.4 is 31.7 Å². The van der Waals surface area contributed by atoms with Crippen LogP contribution in [0, 0.1) is 24.2 Å². The molecule has 1 aliphatic heterocycles. The van der Waals surface area contributed by atoms with E-state index >= 15 is 0 Å². The van der Waals surface area contributed by atoms with Crippen molar-refractivity contribution >= 4 is 51.8 Å². The van der Waals surface area contributed by atoms with Gasteiger partial charge in [0.25, 0.3) is 0 Å². The maximum absolute atomic E-state index is 14.0. The summed E-state index contributed by atoms with van der Waals surface area (Å²) >= 11 is 1.60. The topological polar surface area (TPSA) is 258 Å². The van der Waals surface area contributed by atoms with E-state index in [2.05, 4.69) is 53.4 Å². The monoisotopic (exact) mass is 1050 g/mol. The van der Waals surface area contributed by atoms with Crippen LogP contribution >= 0.6 is 11.3 Å². The van der Waals surface area contributed by atoms with Gasteiger partial charge in [-0.05, 0) is 112 Å². The van der Waals surface area contributed by atoms with E-state index in [1.807, 2.05) is 69.0 Å². The molecule has 406 valence electrons. The number of aromatic nitrogens is 6. The molecule has 0 spiro atoms. The van der Waals surface area contributed by atoms with Crippen molar-refractivity contribution in [2.24, 2.45) is 5.41 Å². The summed E-state index contributed by atoms with van der Waals surface area (Å²) in [7, 11) is 0. The van der Waals surface area contributed by atoms with E-state index in [4.69, 9.17) is 20.1 Å². The molecule has 5 heterocycles. The number of thiazole rings is 1. The molecule has 5 aromatic rings. The molecule has 0 bridgehead atoms. The first-order valence-electron chi connectivity index (χ1n) is 26.7. The van der Waals surface area contributed by atoms with Crippen LogP contribution in [0.3, 0.4) is 0 Å². The summed E-state index contributed by atoms with van der Waals surface area (Å²) in [5, 5.41) is 30.4. The maximum Gasteiger partial charge on any atom is 0.246 e. The zero-order valence-corrected chi connectivity index (χ0v) is 45.8. The van der Waals surface area contributed by atoms with Crippen LogP contribution in [0.1, 0.15) is 148 Å². The number of rotatable bonds is 28. The summed E-state index contributed by atoms with van der Waals surface area (Å²) in [6.45, 7) is 16.9. The van der Waals surface area contributed by atoms with Crippen molar-refractivity contribution in [3.8, 4) is 39.5 Å². The number of carbonyl (C=O) groups is 4. The highest BCUT2D eigenvalue weighted by Gasteiger charge is 2.41. The number of ether oxygens (including phenoxy) is 1. The predicted molar refractivity (Wildman–Crippen MR) is 291 cm³/mol. The number of fused-ring (bicyclic) bond motifs is 1. The SMILES string of the molecule is CCn1c(-c2nonc2N)nc2c(C#CC(C)(C)O)ncc(OCCCNCCCC(=O)NCCCCCCCCCCC(=O)NC(C(=O)N3CCC[C@H]3C(=O)NCc3ccc(-c4scnc4C)cc3)C(C)(C)C)c21. The van der Waals surface area contributed by atoms with Crippen molar-refractivity contribution in [1.82, 2.24) is 56.0 Å². The van der Waals surface area contributed by atoms with Gasteiger partial charge in [0.15, 0.2) is 23.1 Å². The highest BCUT2D eigenvalue weighted by Crippen LogP contribution is 2.34. The zero-order valence-electron chi connectivity index (χ0n) is 45.0. The molecule has 2 atom stereocenters. The lowest BCUT2D eigenvalue weighted by Gasteiger charge is -2.35. The van der Waals surface area contributed by atoms with Gasteiger partial charge < -0.3 is 46.3 Å². The molecule has 75 heavy (non-hydrogen) atoms. The Hall–Kier alpha value is -6.43. The second-order valence-electron chi connectivity index (χ2n) is 20.9. The van der Waals surface area contributed by atoms with Gasteiger partial charge in [0, 0.05) is 39.0 Å². The number of hydrogen-bond acceptors (Lipinski definition) is 15. The van der Waals surface area contributed by atoms with Gasteiger partial charge in [-0.1, -0.05) is 89.5 Å². The summed E-state index contributed by atoms with van der Waals surface area (Å²) in [5.41, 5.74) is 11.0. The Morgan fingerprint density at radius 2 is 1.61 bits per heavy atom. The quantitative estimate of drug-likeness (QED) is 0.0213. The smallest absolute Gasteiger partial charge is 0.246 e. The average molecular weight is 1050 g/mol. The number of nitrogen functional groups attached to an aromatic ring is 1. The minimum Gasteiger partial charge on any atom is -0.490 e. The lowest BCUT2D eigenvalue weighted by molar-refractivity contribution is -0.143. The molecule has 20 heteroatoms. The molecule has 1 aromatic carbocycles.